The highest BCUT2D eigenvalue weighted by Gasteiger charge is 1.78. The van der Waals surface area contributed by atoms with Gasteiger partial charge in [-0.3, -0.25) is 0 Å². The third-order valence-corrected chi connectivity index (χ3v) is 0.742. The van der Waals surface area contributed by atoms with E-state index in [0.29, 0.717) is 0 Å². The van der Waals surface area contributed by atoms with Gasteiger partial charge in [0, 0.05) is 0 Å². The highest BCUT2D eigenvalue weighted by molar-refractivity contribution is 4.77. The van der Waals surface area contributed by atoms with Crippen LogP contribution in [0.2, 0.25) is 0 Å². The van der Waals surface area contributed by atoms with Crippen LogP contribution in [0.4, 0.5) is 0 Å². The quantitative estimate of drug-likeness (QED) is 0.372. The molecule has 0 N–H and O–H groups in total. The molecule has 0 fully saturated rings. The zero-order chi connectivity index (χ0) is 5.54. The molecule has 0 aromatic heterocycles. The molecule has 0 heteroatoms. The largest absolute Gasteiger partial charge is 0.103 e. The predicted molar refractivity (Wildman–Crippen MR) is 33.7 cm³/mol. The molecule has 0 spiro atoms. The lowest BCUT2D eigenvalue weighted by atomic mass is 10.2. The molecule has 0 aromatic carbocycles. The highest BCUT2D eigenvalue weighted by atomic mass is 13.8. The fraction of sp³-hybridized carbons (Fsp3) is 0.429. The molecular formula is C7H12. The van der Waals surface area contributed by atoms with Crippen LogP contribution in [0.3, 0.4) is 0 Å². The third-order valence-electron chi connectivity index (χ3n) is 0.742. The highest BCUT2D eigenvalue weighted by Crippen LogP contribution is 1.95. The third kappa shape index (κ3) is 5.74. The van der Waals surface area contributed by atoms with Crippen LogP contribution in [0.1, 0.15) is 19.3 Å². The maximum atomic E-state index is 3.69. The van der Waals surface area contributed by atoms with Crippen molar-refractivity contribution in [2.24, 2.45) is 0 Å². The number of unbranched alkanes of at least 4 members (excludes halogenated alkanes) is 3. The van der Waals surface area contributed by atoms with Crippen LogP contribution in [-0.2, 0) is 0 Å². The Balaban J connectivity index is 2.56. The first-order chi connectivity index (χ1) is 3.41. The molecule has 0 amide bonds. The van der Waals surface area contributed by atoms with Crippen LogP contribution < -0.4 is 0 Å². The Morgan fingerprint density at radius 3 is 2.57 bits per heavy atom. The van der Waals surface area contributed by atoms with Gasteiger partial charge in [0.1, 0.15) is 0 Å². The molecule has 0 saturated heterocycles. The van der Waals surface area contributed by atoms with E-state index in [4.69, 9.17) is 0 Å². The molecule has 2 radical (unpaired) electrons. The van der Waals surface area contributed by atoms with Crippen molar-refractivity contribution < 1.29 is 0 Å². The van der Waals surface area contributed by atoms with Crippen molar-refractivity contribution in [3.8, 4) is 0 Å². The predicted octanol–water partition coefficient (Wildman–Crippen LogP) is 2.38. The summed E-state index contributed by atoms with van der Waals surface area (Å²) < 4.78 is 0. The Bertz CT molecular complexity index is 37.3. The first-order valence-electron chi connectivity index (χ1n) is 2.63. The first-order valence-corrected chi connectivity index (χ1v) is 2.63. The number of rotatable bonds is 4. The summed E-state index contributed by atoms with van der Waals surface area (Å²) in [6.45, 7) is 7.27. The van der Waals surface area contributed by atoms with Crippen LogP contribution >= 0.6 is 0 Å². The monoisotopic (exact) mass is 96.1 g/mol. The van der Waals surface area contributed by atoms with E-state index in [1.54, 1.807) is 0 Å². The lowest BCUT2D eigenvalue weighted by molar-refractivity contribution is 0.933. The minimum Gasteiger partial charge on any atom is -0.103 e. The molecule has 0 heterocycles. The van der Waals surface area contributed by atoms with Gasteiger partial charge in [-0.1, -0.05) is 19.4 Å². The van der Waals surface area contributed by atoms with Crippen molar-refractivity contribution in [1.29, 1.82) is 0 Å². The lowest BCUT2D eigenvalue weighted by Crippen LogP contribution is -1.69. The molecular weight excluding hydrogens is 84.1 g/mol. The standard InChI is InChI=1S/C7H12/c1-3-5-7-6-4-2/h3,7H,1-2,4-6H2. The van der Waals surface area contributed by atoms with Crippen molar-refractivity contribution >= 4 is 0 Å². The van der Waals surface area contributed by atoms with Gasteiger partial charge < -0.3 is 0 Å². The van der Waals surface area contributed by atoms with Crippen LogP contribution in [0.25, 0.3) is 0 Å². The van der Waals surface area contributed by atoms with Gasteiger partial charge in [0.25, 0.3) is 0 Å². The van der Waals surface area contributed by atoms with Crippen molar-refractivity contribution in [2.75, 3.05) is 0 Å². The van der Waals surface area contributed by atoms with Crippen molar-refractivity contribution in [2.45, 2.75) is 19.3 Å². The Kier molecular flexibility index (Phi) is 5.53. The molecule has 0 saturated carbocycles. The number of allylic oxidation sites excluding steroid dienone is 1. The second kappa shape index (κ2) is 5.74. The Morgan fingerprint density at radius 1 is 1.43 bits per heavy atom. The summed E-state index contributed by atoms with van der Waals surface area (Å²) in [6.07, 6.45) is 7.23. The second-order valence-corrected chi connectivity index (χ2v) is 1.46. The van der Waals surface area contributed by atoms with E-state index in [-0.39, 0.29) is 0 Å². The maximum Gasteiger partial charge on any atom is -0.0322 e. The average molecular weight is 96.2 g/mol. The molecule has 0 aromatic rings. The fourth-order valence-electron chi connectivity index (χ4n) is 0.380. The molecule has 0 bridgehead atoms. The minimum absolute atomic E-state index is 1.01. The normalized spacial score (nSPS) is 8.71. The summed E-state index contributed by atoms with van der Waals surface area (Å²) >= 11 is 0. The first kappa shape index (κ1) is 6.74. The van der Waals surface area contributed by atoms with Crippen LogP contribution in [0, 0.1) is 13.3 Å². The number of hydrogen-bond acceptors (Lipinski definition) is 0. The molecule has 40 valence electrons. The summed E-state index contributed by atoms with van der Waals surface area (Å²) in [6, 6.07) is 0. The molecule has 0 aliphatic rings. The second-order valence-electron chi connectivity index (χ2n) is 1.46. The molecule has 0 aliphatic carbocycles. The van der Waals surface area contributed by atoms with Gasteiger partial charge in [-0.15, -0.1) is 6.58 Å². The van der Waals surface area contributed by atoms with Crippen molar-refractivity contribution in [3.63, 3.8) is 0 Å². The summed E-state index contributed by atoms with van der Waals surface area (Å²) in [7, 11) is 0. The lowest BCUT2D eigenvalue weighted by Gasteiger charge is -1.87. The molecule has 0 rings (SSSR count). The van der Waals surface area contributed by atoms with E-state index in [2.05, 4.69) is 19.9 Å². The number of hydrogen-bond donors (Lipinski definition) is 0. The SMILES string of the molecule is [CH2]CC[CH]CC=C. The fourth-order valence-corrected chi connectivity index (χ4v) is 0.380. The van der Waals surface area contributed by atoms with E-state index < -0.39 is 0 Å². The minimum atomic E-state index is 1.01. The van der Waals surface area contributed by atoms with Gasteiger partial charge in [-0.05, 0) is 19.3 Å². The van der Waals surface area contributed by atoms with E-state index in [1.807, 2.05) is 6.08 Å². The Morgan fingerprint density at radius 2 is 2.14 bits per heavy atom. The summed E-state index contributed by atoms with van der Waals surface area (Å²) in [4.78, 5) is 0. The van der Waals surface area contributed by atoms with Crippen LogP contribution in [0.15, 0.2) is 12.7 Å². The Hall–Kier alpha value is -0.260. The smallest absolute Gasteiger partial charge is 0.0322 e. The molecule has 0 aliphatic heterocycles. The summed E-state index contributed by atoms with van der Waals surface area (Å²) in [5.74, 6) is 0. The van der Waals surface area contributed by atoms with Gasteiger partial charge in [0.2, 0.25) is 0 Å². The van der Waals surface area contributed by atoms with Gasteiger partial charge in [-0.25, -0.2) is 0 Å². The topological polar surface area (TPSA) is 0 Å². The van der Waals surface area contributed by atoms with Gasteiger partial charge in [-0.2, -0.15) is 0 Å². The van der Waals surface area contributed by atoms with E-state index >= 15 is 0 Å². The molecule has 7 heavy (non-hydrogen) atoms. The van der Waals surface area contributed by atoms with Crippen LogP contribution in [0.5, 0.6) is 0 Å². The summed E-state index contributed by atoms with van der Waals surface area (Å²) in [5.41, 5.74) is 0. The van der Waals surface area contributed by atoms with Gasteiger partial charge in [0.05, 0.1) is 0 Å². The van der Waals surface area contributed by atoms with Gasteiger partial charge in [0.15, 0.2) is 0 Å². The zero-order valence-corrected chi connectivity index (χ0v) is 4.69. The average Bonchev–Trinajstić information content (AvgIpc) is 1.69. The molecule has 0 nitrogen and oxygen atoms in total. The van der Waals surface area contributed by atoms with Gasteiger partial charge >= 0.3 is 0 Å². The molecule has 0 unspecified atom stereocenters. The van der Waals surface area contributed by atoms with Crippen molar-refractivity contribution in [1.82, 2.24) is 0 Å². The van der Waals surface area contributed by atoms with E-state index in [1.165, 1.54) is 0 Å². The summed E-state index contributed by atoms with van der Waals surface area (Å²) in [5, 5.41) is 0. The van der Waals surface area contributed by atoms with E-state index in [0.717, 1.165) is 19.3 Å². The molecule has 0 atom stereocenters. The van der Waals surface area contributed by atoms with Crippen molar-refractivity contribution in [3.05, 3.63) is 26.0 Å². The zero-order valence-electron chi connectivity index (χ0n) is 4.69. The Labute approximate surface area is 46.2 Å². The van der Waals surface area contributed by atoms with E-state index in [9.17, 15) is 0 Å². The van der Waals surface area contributed by atoms with Crippen LogP contribution in [-0.4, -0.2) is 0 Å². The maximum absolute atomic E-state index is 3.69.